The van der Waals surface area contributed by atoms with Crippen LogP contribution in [0.2, 0.25) is 0 Å². The predicted octanol–water partition coefficient (Wildman–Crippen LogP) is 2.83. The molecule has 2 heterocycles. The van der Waals surface area contributed by atoms with E-state index in [-0.39, 0.29) is 17.9 Å². The van der Waals surface area contributed by atoms with Gasteiger partial charge < -0.3 is 9.73 Å². The molecule has 0 saturated carbocycles. The molecule has 1 aromatic heterocycles. The number of hydrogen-bond donors (Lipinski definition) is 1. The number of nitrogens with one attached hydrogen (secondary N) is 1. The lowest BCUT2D eigenvalue weighted by Crippen LogP contribution is -2.40. The van der Waals surface area contributed by atoms with Crippen LogP contribution in [0.5, 0.6) is 0 Å². The highest BCUT2D eigenvalue weighted by Gasteiger charge is 2.51. The Morgan fingerprint density at radius 1 is 1.22 bits per heavy atom. The number of nitrogens with zero attached hydrogens (tertiary/aromatic N) is 1. The number of urea groups is 1. The molecule has 1 aromatic carbocycles. The standard InChI is InChI=1S/C16H14F2N2O3/c1-9-6-7-12(23-9)16(2)14(21)20(15(22)19-16)8-10-4-3-5-11(17)13(10)18/h3-7H,8H2,1-2H3,(H,19,22)/t16-/m1/s1. The maximum Gasteiger partial charge on any atom is 0.325 e. The van der Waals surface area contributed by atoms with E-state index in [1.165, 1.54) is 19.1 Å². The molecule has 1 aliphatic heterocycles. The monoisotopic (exact) mass is 320 g/mol. The first-order valence-electron chi connectivity index (χ1n) is 6.97. The quantitative estimate of drug-likeness (QED) is 0.885. The number of rotatable bonds is 3. The summed E-state index contributed by atoms with van der Waals surface area (Å²) in [5.74, 6) is -1.80. The summed E-state index contributed by atoms with van der Waals surface area (Å²) in [6.45, 7) is 2.87. The van der Waals surface area contributed by atoms with E-state index in [1.54, 1.807) is 19.1 Å². The summed E-state index contributed by atoms with van der Waals surface area (Å²) in [7, 11) is 0. The highest BCUT2D eigenvalue weighted by atomic mass is 19.2. The van der Waals surface area contributed by atoms with E-state index >= 15 is 0 Å². The van der Waals surface area contributed by atoms with Crippen LogP contribution in [0, 0.1) is 18.6 Å². The maximum absolute atomic E-state index is 13.8. The fraction of sp³-hybridized carbons (Fsp3) is 0.250. The van der Waals surface area contributed by atoms with Gasteiger partial charge in [0.05, 0.1) is 6.54 Å². The average Bonchev–Trinajstić information content (AvgIpc) is 3.02. The number of amides is 3. The Bertz CT molecular complexity index is 802. The van der Waals surface area contributed by atoms with Gasteiger partial charge in [0.15, 0.2) is 17.2 Å². The van der Waals surface area contributed by atoms with Crippen LogP contribution < -0.4 is 5.32 Å². The zero-order valence-corrected chi connectivity index (χ0v) is 12.5. The number of hydrogen-bond acceptors (Lipinski definition) is 3. The van der Waals surface area contributed by atoms with E-state index in [4.69, 9.17) is 4.42 Å². The van der Waals surface area contributed by atoms with Crippen LogP contribution >= 0.6 is 0 Å². The summed E-state index contributed by atoms with van der Waals surface area (Å²) in [6, 6.07) is 6.21. The number of carbonyl (C=O) groups is 2. The van der Waals surface area contributed by atoms with Gasteiger partial charge in [-0.1, -0.05) is 12.1 Å². The van der Waals surface area contributed by atoms with E-state index < -0.39 is 29.1 Å². The number of imide groups is 1. The topological polar surface area (TPSA) is 62.6 Å². The Morgan fingerprint density at radius 3 is 2.61 bits per heavy atom. The lowest BCUT2D eigenvalue weighted by Gasteiger charge is -2.19. The van der Waals surface area contributed by atoms with Crippen LogP contribution in [0.3, 0.4) is 0 Å². The molecule has 5 nitrogen and oxygen atoms in total. The third-order valence-corrected chi connectivity index (χ3v) is 3.87. The fourth-order valence-electron chi connectivity index (χ4n) is 2.55. The maximum atomic E-state index is 13.8. The molecule has 23 heavy (non-hydrogen) atoms. The minimum absolute atomic E-state index is 0.0756. The molecule has 1 N–H and O–H groups in total. The van der Waals surface area contributed by atoms with Gasteiger partial charge in [0.1, 0.15) is 11.5 Å². The predicted molar refractivity (Wildman–Crippen MR) is 76.2 cm³/mol. The zero-order valence-electron chi connectivity index (χ0n) is 12.5. The molecule has 0 unspecified atom stereocenters. The highest BCUT2D eigenvalue weighted by molar-refractivity contribution is 6.06. The van der Waals surface area contributed by atoms with Gasteiger partial charge in [0.2, 0.25) is 0 Å². The lowest BCUT2D eigenvalue weighted by molar-refractivity contribution is -0.132. The summed E-state index contributed by atoms with van der Waals surface area (Å²) < 4.78 is 32.5. The normalized spacial score (nSPS) is 21.0. The van der Waals surface area contributed by atoms with Gasteiger partial charge in [0, 0.05) is 5.56 Å². The van der Waals surface area contributed by atoms with Gasteiger partial charge in [0.25, 0.3) is 5.91 Å². The molecule has 120 valence electrons. The summed E-state index contributed by atoms with van der Waals surface area (Å²) in [5, 5.41) is 2.54. The largest absolute Gasteiger partial charge is 0.463 e. The average molecular weight is 320 g/mol. The molecule has 1 atom stereocenters. The van der Waals surface area contributed by atoms with Crippen LogP contribution in [0.4, 0.5) is 13.6 Å². The number of halogens is 2. The molecule has 1 fully saturated rings. The van der Waals surface area contributed by atoms with Crippen molar-refractivity contribution in [2.75, 3.05) is 0 Å². The Hall–Kier alpha value is -2.70. The van der Waals surface area contributed by atoms with Crippen molar-refractivity contribution >= 4 is 11.9 Å². The van der Waals surface area contributed by atoms with Gasteiger partial charge in [-0.05, 0) is 32.0 Å². The second-order valence-electron chi connectivity index (χ2n) is 5.57. The molecule has 2 aromatic rings. The van der Waals surface area contributed by atoms with Gasteiger partial charge in [-0.15, -0.1) is 0 Å². The Labute approximate surface area is 130 Å². The number of benzene rings is 1. The zero-order chi connectivity index (χ0) is 16.8. The number of aryl methyl sites for hydroxylation is 1. The fourth-order valence-corrected chi connectivity index (χ4v) is 2.55. The summed E-state index contributed by atoms with van der Waals surface area (Å²) >= 11 is 0. The molecule has 1 aliphatic rings. The van der Waals surface area contributed by atoms with Crippen molar-refractivity contribution in [1.82, 2.24) is 10.2 Å². The molecule has 0 radical (unpaired) electrons. The summed E-state index contributed by atoms with van der Waals surface area (Å²) in [4.78, 5) is 25.6. The molecule has 3 amide bonds. The van der Waals surface area contributed by atoms with Gasteiger partial charge in [-0.3, -0.25) is 9.69 Å². The Kier molecular flexibility index (Phi) is 3.43. The molecule has 7 heteroatoms. The first-order chi connectivity index (χ1) is 10.8. The summed E-state index contributed by atoms with van der Waals surface area (Å²) in [6.07, 6.45) is 0. The second-order valence-corrected chi connectivity index (χ2v) is 5.57. The minimum atomic E-state index is -1.37. The molecular formula is C16H14F2N2O3. The van der Waals surface area contributed by atoms with Gasteiger partial charge in [-0.2, -0.15) is 0 Å². The molecule has 0 bridgehead atoms. The number of furan rings is 1. The molecule has 0 aliphatic carbocycles. The van der Waals surface area contributed by atoms with Crippen LogP contribution in [0.15, 0.2) is 34.7 Å². The van der Waals surface area contributed by atoms with Crippen molar-refractivity contribution in [3.63, 3.8) is 0 Å². The van der Waals surface area contributed by atoms with E-state index in [0.717, 1.165) is 11.0 Å². The number of carbonyl (C=O) groups excluding carboxylic acids is 2. The lowest BCUT2D eigenvalue weighted by atomic mass is 9.99. The molecule has 3 rings (SSSR count). The smallest absolute Gasteiger partial charge is 0.325 e. The van der Waals surface area contributed by atoms with Crippen LogP contribution in [0.25, 0.3) is 0 Å². The molecule has 1 saturated heterocycles. The van der Waals surface area contributed by atoms with E-state index in [2.05, 4.69) is 5.32 Å². The van der Waals surface area contributed by atoms with Crippen molar-refractivity contribution < 1.29 is 22.8 Å². The third-order valence-electron chi connectivity index (χ3n) is 3.87. The van der Waals surface area contributed by atoms with E-state index in [1.807, 2.05) is 0 Å². The van der Waals surface area contributed by atoms with E-state index in [9.17, 15) is 18.4 Å². The Morgan fingerprint density at radius 2 is 1.96 bits per heavy atom. The SMILES string of the molecule is Cc1ccc([C@@]2(C)NC(=O)N(Cc3cccc(F)c3F)C2=O)o1. The van der Waals surface area contributed by atoms with Crippen molar-refractivity contribution in [3.05, 3.63) is 59.1 Å². The van der Waals surface area contributed by atoms with Crippen LogP contribution in [-0.4, -0.2) is 16.8 Å². The third kappa shape index (κ3) is 2.38. The van der Waals surface area contributed by atoms with Crippen molar-refractivity contribution in [2.45, 2.75) is 25.9 Å². The molecule has 0 spiro atoms. The van der Waals surface area contributed by atoms with Crippen molar-refractivity contribution in [2.24, 2.45) is 0 Å². The highest BCUT2D eigenvalue weighted by Crippen LogP contribution is 2.31. The minimum Gasteiger partial charge on any atom is -0.463 e. The van der Waals surface area contributed by atoms with Crippen LogP contribution in [0.1, 0.15) is 24.0 Å². The summed E-state index contributed by atoms with van der Waals surface area (Å²) in [5.41, 5.74) is -1.44. The van der Waals surface area contributed by atoms with Crippen molar-refractivity contribution in [3.8, 4) is 0 Å². The van der Waals surface area contributed by atoms with Crippen LogP contribution in [-0.2, 0) is 16.9 Å². The molecular weight excluding hydrogens is 306 g/mol. The van der Waals surface area contributed by atoms with E-state index in [0.29, 0.717) is 5.76 Å². The van der Waals surface area contributed by atoms with Gasteiger partial charge >= 0.3 is 6.03 Å². The second kappa shape index (κ2) is 5.19. The first kappa shape index (κ1) is 15.2. The first-order valence-corrected chi connectivity index (χ1v) is 6.97. The van der Waals surface area contributed by atoms with Crippen molar-refractivity contribution in [1.29, 1.82) is 0 Å². The Balaban J connectivity index is 1.91. The van der Waals surface area contributed by atoms with Gasteiger partial charge in [-0.25, -0.2) is 13.6 Å².